The third kappa shape index (κ3) is 8.16. The summed E-state index contributed by atoms with van der Waals surface area (Å²) in [5.41, 5.74) is 6.46. The first kappa shape index (κ1) is 35.0. The van der Waals surface area contributed by atoms with Crippen molar-refractivity contribution in [2.24, 2.45) is 5.41 Å². The molecule has 0 N–H and O–H groups in total. The summed E-state index contributed by atoms with van der Waals surface area (Å²) < 4.78 is 60.4. The fourth-order valence-corrected chi connectivity index (χ4v) is 8.70. The third-order valence-electron chi connectivity index (χ3n) is 10.1. The summed E-state index contributed by atoms with van der Waals surface area (Å²) in [6, 6.07) is 44.1. The molecular weight excluding hydrogens is 910 g/mol. The van der Waals surface area contributed by atoms with E-state index in [1.807, 2.05) is 66.7 Å². The van der Waals surface area contributed by atoms with Gasteiger partial charge in [-0.1, -0.05) is 102 Å². The van der Waals surface area contributed by atoms with E-state index in [1.165, 1.54) is 17.0 Å². The normalized spacial score (nSPS) is 13.5. The Morgan fingerprint density at radius 1 is 0.810 bits per heavy atom. The van der Waals surface area contributed by atoms with Crippen LogP contribution in [0.15, 0.2) is 121 Å². The van der Waals surface area contributed by atoms with Gasteiger partial charge in [-0.25, -0.2) is 4.39 Å². The second-order valence-electron chi connectivity index (χ2n) is 16.2. The van der Waals surface area contributed by atoms with Gasteiger partial charge in [0, 0.05) is 43.5 Å². The van der Waals surface area contributed by atoms with Crippen molar-refractivity contribution < 1.29 is 31.3 Å². The molecule has 0 aliphatic carbocycles. The fourth-order valence-electron chi connectivity index (χ4n) is 7.46. The van der Waals surface area contributed by atoms with Crippen molar-refractivity contribution in [1.29, 1.82) is 0 Å². The Hall–Kier alpha value is -5.00. The minimum absolute atomic E-state index is 0. The first-order chi connectivity index (χ1) is 29.3. The monoisotopic (exact) mass is 963 g/mol. The van der Waals surface area contributed by atoms with Gasteiger partial charge in [-0.15, -0.1) is 59.7 Å². The number of nitrogens with zero attached hydrogens (tertiary/aromatic N) is 3. The van der Waals surface area contributed by atoms with Crippen molar-refractivity contribution in [3.05, 3.63) is 162 Å². The molecule has 6 aromatic carbocycles. The molecule has 3 nitrogen and oxygen atoms in total. The second-order valence-corrected chi connectivity index (χ2v) is 17.2. The van der Waals surface area contributed by atoms with Crippen LogP contribution in [0.4, 0.5) is 4.39 Å². The predicted molar refractivity (Wildman–Crippen MR) is 240 cm³/mol. The van der Waals surface area contributed by atoms with Crippen LogP contribution in [0.1, 0.15) is 89.4 Å². The van der Waals surface area contributed by atoms with Crippen LogP contribution in [0.25, 0.3) is 70.3 Å². The molecule has 9 rings (SSSR count). The molecule has 0 saturated heterocycles. The summed E-state index contributed by atoms with van der Waals surface area (Å²) in [5, 5.41) is 4.58. The number of halogens is 1. The van der Waals surface area contributed by atoms with E-state index in [0.29, 0.717) is 5.69 Å². The number of aryl methyl sites for hydroxylation is 1. The van der Waals surface area contributed by atoms with Gasteiger partial charge in [0.2, 0.25) is 0 Å². The minimum atomic E-state index is -2.47. The molecule has 0 atom stereocenters. The van der Waals surface area contributed by atoms with Gasteiger partial charge in [-0.05, 0) is 110 Å². The van der Waals surface area contributed by atoms with Crippen LogP contribution in [-0.2, 0) is 26.5 Å². The molecule has 0 amide bonds. The van der Waals surface area contributed by atoms with E-state index < -0.39 is 18.6 Å². The number of para-hydroxylation sites is 2. The number of rotatable bonds is 6. The first-order valence-corrected chi connectivity index (χ1v) is 20.2. The number of hydrogen-bond donors (Lipinski definition) is 0. The maximum atomic E-state index is 14.5. The van der Waals surface area contributed by atoms with Gasteiger partial charge < -0.3 is 9.55 Å². The predicted octanol–water partition coefficient (Wildman–Crippen LogP) is 14.8. The Bertz CT molecular complexity index is 3080. The molecule has 0 unspecified atom stereocenters. The van der Waals surface area contributed by atoms with Crippen molar-refractivity contribution in [1.82, 2.24) is 14.5 Å². The number of benzene rings is 6. The van der Waals surface area contributed by atoms with E-state index in [2.05, 4.69) is 79.7 Å². The Morgan fingerprint density at radius 3 is 2.17 bits per heavy atom. The molecule has 295 valence electrons. The van der Waals surface area contributed by atoms with Crippen LogP contribution in [0.5, 0.6) is 0 Å². The van der Waals surface area contributed by atoms with Gasteiger partial charge >= 0.3 is 0 Å². The number of aromatic nitrogens is 3. The molecule has 0 aliphatic heterocycles. The van der Waals surface area contributed by atoms with E-state index in [9.17, 15) is 4.39 Å². The Kier molecular flexibility index (Phi) is 10.1. The van der Waals surface area contributed by atoms with Crippen molar-refractivity contribution in [2.45, 2.75) is 73.5 Å². The Morgan fingerprint density at radius 2 is 1.50 bits per heavy atom. The Balaban J connectivity index is 0.000000189. The van der Waals surface area contributed by atoms with Gasteiger partial charge in [-0.2, -0.15) is 11.3 Å². The van der Waals surface area contributed by atoms with Crippen LogP contribution in [0, 0.1) is 30.2 Å². The van der Waals surface area contributed by atoms with Crippen molar-refractivity contribution in [3.8, 4) is 28.3 Å². The van der Waals surface area contributed by atoms with E-state index in [1.54, 1.807) is 50.3 Å². The van der Waals surface area contributed by atoms with E-state index in [0.717, 1.165) is 65.0 Å². The van der Waals surface area contributed by atoms with E-state index in [4.69, 9.17) is 11.8 Å². The molecule has 6 heteroatoms. The van der Waals surface area contributed by atoms with Crippen molar-refractivity contribution in [3.63, 3.8) is 0 Å². The molecule has 0 aliphatic rings. The topological polar surface area (TPSA) is 30.7 Å². The Labute approximate surface area is 366 Å². The van der Waals surface area contributed by atoms with Crippen LogP contribution in [0.2, 0.25) is 0 Å². The molecule has 0 fully saturated rings. The summed E-state index contributed by atoms with van der Waals surface area (Å²) in [5.74, 6) is 1.000. The maximum Gasteiger partial charge on any atom is 0.123 e. The van der Waals surface area contributed by atoms with Gasteiger partial charge in [0.1, 0.15) is 5.82 Å². The standard InChI is InChI=1S/C27H24NS.C25H24FN2.Ir/c1-17-16-28-24(13-20(17)15-27(2,3)4)22-11-7-10-21-23-12-18-8-5-6-9-19(18)14-25(23)29-26(21)22;1-16(2)20-14-19(26)15-21(17(3)4)24(20)28-23-13-9-8-12-22(23)27-25(28)18-10-6-5-7-11-18;/h5-10,12-14,16H,15H2,1-4H3;5-10,12-17H,1-4H3;/q2*-1;/i1D3,15D2;;. The number of thiophene rings is 1. The van der Waals surface area contributed by atoms with Crippen LogP contribution in [0.3, 0.4) is 0 Å². The van der Waals surface area contributed by atoms with E-state index in [-0.39, 0.29) is 48.9 Å². The summed E-state index contributed by atoms with van der Waals surface area (Å²) in [4.78, 5) is 9.42. The molecule has 0 spiro atoms. The number of fused-ring (bicyclic) bond motifs is 5. The van der Waals surface area contributed by atoms with Crippen LogP contribution in [-0.4, -0.2) is 14.5 Å². The zero-order valence-corrected chi connectivity index (χ0v) is 36.9. The molecule has 3 aromatic heterocycles. The first-order valence-electron chi connectivity index (χ1n) is 21.9. The number of hydrogen-bond acceptors (Lipinski definition) is 3. The van der Waals surface area contributed by atoms with Crippen molar-refractivity contribution in [2.75, 3.05) is 0 Å². The van der Waals surface area contributed by atoms with Gasteiger partial charge in [-0.3, -0.25) is 4.98 Å². The summed E-state index contributed by atoms with van der Waals surface area (Å²) >= 11 is 1.65. The summed E-state index contributed by atoms with van der Waals surface area (Å²) in [6.07, 6.45) is -0.560. The quantitative estimate of drug-likeness (QED) is 0.156. The van der Waals surface area contributed by atoms with Gasteiger partial charge in [0.15, 0.2) is 0 Å². The summed E-state index contributed by atoms with van der Waals surface area (Å²) in [7, 11) is 0. The van der Waals surface area contributed by atoms with Crippen LogP contribution < -0.4 is 0 Å². The SMILES string of the molecule is CC(C)c1cc(F)cc(C(C)C)c1-n1c(-c2[c-]cccc2)nc2ccccc21.[2H]C([2H])([2H])c1cnc(-c2[c-]ccc3c2sc2cc4ccccc4cc23)cc1C([2H])([2H])C(C)(C)C.[Ir]. The average Bonchev–Trinajstić information content (AvgIpc) is 3.80. The fraction of sp³-hybridized carbons (Fsp3) is 0.231. The largest absolute Gasteiger partial charge is 0.333 e. The second kappa shape index (κ2) is 16.7. The van der Waals surface area contributed by atoms with Gasteiger partial charge in [0.25, 0.3) is 0 Å². The third-order valence-corrected chi connectivity index (χ3v) is 11.3. The number of imidazole rings is 1. The molecule has 9 aromatic rings. The van der Waals surface area contributed by atoms with Gasteiger partial charge in [0.05, 0.1) is 16.9 Å². The molecule has 0 saturated carbocycles. The molecule has 0 bridgehead atoms. The molecular formula is C52H48FIrN3S-2. The average molecular weight is 963 g/mol. The van der Waals surface area contributed by atoms with Crippen LogP contribution >= 0.6 is 11.3 Å². The molecule has 3 heterocycles. The molecule has 58 heavy (non-hydrogen) atoms. The maximum absolute atomic E-state index is 14.5. The zero-order chi connectivity index (χ0) is 44.3. The molecule has 1 radical (unpaired) electrons. The summed E-state index contributed by atoms with van der Waals surface area (Å²) in [6.45, 7) is 11.3. The zero-order valence-electron chi connectivity index (χ0n) is 38.7. The smallest absolute Gasteiger partial charge is 0.123 e. The van der Waals surface area contributed by atoms with Crippen molar-refractivity contribution >= 4 is 53.3 Å². The minimum Gasteiger partial charge on any atom is -0.333 e. The number of pyridine rings is 1. The van der Waals surface area contributed by atoms with E-state index >= 15 is 0 Å².